The van der Waals surface area contributed by atoms with Crippen molar-refractivity contribution in [3.05, 3.63) is 59.2 Å². The molecule has 134 valence electrons. The van der Waals surface area contributed by atoms with Gasteiger partial charge in [-0.1, -0.05) is 24.3 Å². The predicted molar refractivity (Wildman–Crippen MR) is 101 cm³/mol. The van der Waals surface area contributed by atoms with E-state index in [2.05, 4.69) is 10.6 Å². The van der Waals surface area contributed by atoms with Gasteiger partial charge < -0.3 is 15.5 Å². The minimum Gasteiger partial charge on any atom is -0.322 e. The molecule has 0 fully saturated rings. The maximum Gasteiger partial charge on any atom is 0.279 e. The van der Waals surface area contributed by atoms with E-state index in [-0.39, 0.29) is 24.9 Å². The summed E-state index contributed by atoms with van der Waals surface area (Å²) in [5.74, 6) is -0.397. The lowest BCUT2D eigenvalue weighted by Crippen LogP contribution is -3.11. The summed E-state index contributed by atoms with van der Waals surface area (Å²) >= 11 is 0. The Balaban J connectivity index is 1.88. The molecular formula is C20H23N4O2+. The zero-order valence-corrected chi connectivity index (χ0v) is 15.2. The van der Waals surface area contributed by atoms with Crippen molar-refractivity contribution in [3.8, 4) is 6.07 Å². The normalized spacial score (nSPS) is 11.3. The fourth-order valence-corrected chi connectivity index (χ4v) is 2.58. The SMILES string of the molecule is Cc1cccc(NC(=O)C[NH+](C)CC(=O)Nc2ccccc2C#N)c1C. The van der Waals surface area contributed by atoms with E-state index in [1.807, 2.05) is 38.1 Å². The number of likely N-dealkylation sites (N-methyl/N-ethyl adjacent to an activating group) is 1. The first kappa shape index (κ1) is 19.2. The van der Waals surface area contributed by atoms with Crippen molar-refractivity contribution in [1.82, 2.24) is 0 Å². The number of amides is 2. The van der Waals surface area contributed by atoms with E-state index in [9.17, 15) is 9.59 Å². The fourth-order valence-electron chi connectivity index (χ4n) is 2.58. The van der Waals surface area contributed by atoms with Gasteiger partial charge in [0.1, 0.15) is 6.07 Å². The smallest absolute Gasteiger partial charge is 0.279 e. The summed E-state index contributed by atoms with van der Waals surface area (Å²) in [4.78, 5) is 25.1. The number of benzene rings is 2. The average Bonchev–Trinajstić information content (AvgIpc) is 2.59. The molecule has 0 heterocycles. The van der Waals surface area contributed by atoms with Crippen LogP contribution in [0.15, 0.2) is 42.5 Å². The Hall–Kier alpha value is -3.17. The number of carbonyl (C=O) groups excluding carboxylic acids is 2. The maximum absolute atomic E-state index is 12.2. The molecule has 0 aliphatic heterocycles. The lowest BCUT2D eigenvalue weighted by atomic mass is 10.1. The Morgan fingerprint density at radius 2 is 1.54 bits per heavy atom. The van der Waals surface area contributed by atoms with Gasteiger partial charge in [-0.15, -0.1) is 0 Å². The zero-order chi connectivity index (χ0) is 19.1. The van der Waals surface area contributed by atoms with E-state index in [4.69, 9.17) is 5.26 Å². The lowest BCUT2D eigenvalue weighted by Gasteiger charge is -2.15. The van der Waals surface area contributed by atoms with E-state index in [0.29, 0.717) is 11.3 Å². The number of rotatable bonds is 6. The number of nitrogens with one attached hydrogen (secondary N) is 3. The molecule has 0 aliphatic rings. The Bertz CT molecular complexity index is 855. The highest BCUT2D eigenvalue weighted by atomic mass is 16.2. The first-order valence-electron chi connectivity index (χ1n) is 8.37. The molecule has 2 rings (SSSR count). The van der Waals surface area contributed by atoms with Gasteiger partial charge in [0.2, 0.25) is 0 Å². The van der Waals surface area contributed by atoms with Crippen LogP contribution in [0.25, 0.3) is 0 Å². The van der Waals surface area contributed by atoms with Gasteiger partial charge in [0.05, 0.1) is 18.3 Å². The van der Waals surface area contributed by atoms with E-state index < -0.39 is 0 Å². The molecule has 0 saturated carbocycles. The molecular weight excluding hydrogens is 328 g/mol. The third-order valence-electron chi connectivity index (χ3n) is 4.12. The number of hydrogen-bond acceptors (Lipinski definition) is 3. The van der Waals surface area contributed by atoms with Crippen molar-refractivity contribution in [2.75, 3.05) is 30.8 Å². The second kappa shape index (κ2) is 8.79. The van der Waals surface area contributed by atoms with Gasteiger partial charge in [-0.05, 0) is 43.2 Å². The molecule has 1 atom stereocenters. The summed E-state index contributed by atoms with van der Waals surface area (Å²) in [5, 5.41) is 14.7. The van der Waals surface area contributed by atoms with Crippen LogP contribution in [0.2, 0.25) is 0 Å². The van der Waals surface area contributed by atoms with E-state index >= 15 is 0 Å². The number of nitrogens with zero attached hydrogens (tertiary/aromatic N) is 1. The number of carbonyl (C=O) groups is 2. The molecule has 1 unspecified atom stereocenters. The predicted octanol–water partition coefficient (Wildman–Crippen LogP) is 1.27. The van der Waals surface area contributed by atoms with E-state index in [1.165, 1.54) is 0 Å². The molecule has 3 N–H and O–H groups in total. The van der Waals surface area contributed by atoms with Crippen LogP contribution in [0, 0.1) is 25.2 Å². The summed E-state index contributed by atoms with van der Waals surface area (Å²) in [6.45, 7) is 4.24. The number of aryl methyl sites for hydroxylation is 1. The van der Waals surface area contributed by atoms with Gasteiger partial charge in [-0.2, -0.15) is 5.26 Å². The maximum atomic E-state index is 12.2. The molecule has 0 radical (unpaired) electrons. The fraction of sp³-hybridized carbons (Fsp3) is 0.250. The minimum absolute atomic E-state index is 0.125. The lowest BCUT2D eigenvalue weighted by molar-refractivity contribution is -0.862. The van der Waals surface area contributed by atoms with Crippen LogP contribution in [-0.2, 0) is 9.59 Å². The Labute approximate surface area is 153 Å². The van der Waals surface area contributed by atoms with Crippen LogP contribution in [-0.4, -0.2) is 32.0 Å². The summed E-state index contributed by atoms with van der Waals surface area (Å²) in [7, 11) is 1.78. The molecule has 26 heavy (non-hydrogen) atoms. The van der Waals surface area contributed by atoms with Gasteiger partial charge in [-0.25, -0.2) is 0 Å². The highest BCUT2D eigenvalue weighted by Crippen LogP contribution is 2.17. The summed E-state index contributed by atoms with van der Waals surface area (Å²) < 4.78 is 0. The average molecular weight is 351 g/mol. The second-order valence-corrected chi connectivity index (χ2v) is 6.31. The van der Waals surface area contributed by atoms with Crippen LogP contribution in [0.1, 0.15) is 16.7 Å². The quantitative estimate of drug-likeness (QED) is 0.732. The molecule has 2 aromatic rings. The second-order valence-electron chi connectivity index (χ2n) is 6.31. The van der Waals surface area contributed by atoms with Crippen molar-refractivity contribution in [2.24, 2.45) is 0 Å². The number of nitriles is 1. The monoisotopic (exact) mass is 351 g/mol. The molecule has 6 heteroatoms. The van der Waals surface area contributed by atoms with Crippen LogP contribution in [0.3, 0.4) is 0 Å². The third-order valence-corrected chi connectivity index (χ3v) is 4.12. The molecule has 0 spiro atoms. The van der Waals surface area contributed by atoms with Crippen molar-refractivity contribution in [2.45, 2.75) is 13.8 Å². The van der Waals surface area contributed by atoms with E-state index in [1.54, 1.807) is 31.3 Å². The zero-order valence-electron chi connectivity index (χ0n) is 15.2. The third kappa shape index (κ3) is 5.16. The first-order chi connectivity index (χ1) is 12.4. The van der Waals surface area contributed by atoms with Gasteiger partial charge in [-0.3, -0.25) is 9.59 Å². The van der Waals surface area contributed by atoms with Crippen molar-refractivity contribution in [1.29, 1.82) is 5.26 Å². The van der Waals surface area contributed by atoms with Crippen LogP contribution in [0.4, 0.5) is 11.4 Å². The first-order valence-corrected chi connectivity index (χ1v) is 8.37. The van der Waals surface area contributed by atoms with Crippen LogP contribution in [0.5, 0.6) is 0 Å². The topological polar surface area (TPSA) is 86.4 Å². The molecule has 2 aromatic carbocycles. The highest BCUT2D eigenvalue weighted by Gasteiger charge is 2.16. The molecule has 0 aromatic heterocycles. The van der Waals surface area contributed by atoms with Gasteiger partial charge in [0.15, 0.2) is 13.1 Å². The largest absolute Gasteiger partial charge is 0.322 e. The molecule has 6 nitrogen and oxygen atoms in total. The van der Waals surface area contributed by atoms with E-state index in [0.717, 1.165) is 21.7 Å². The number of anilines is 2. The Morgan fingerprint density at radius 3 is 2.19 bits per heavy atom. The Morgan fingerprint density at radius 1 is 0.962 bits per heavy atom. The standard InChI is InChI=1S/C20H22N4O2/c1-14-7-6-10-17(15(14)2)22-19(25)12-24(3)13-20(26)23-18-9-5-4-8-16(18)11-21/h4-10H,12-13H2,1-3H3,(H,22,25)(H,23,26)/p+1. The number of hydrogen-bond donors (Lipinski definition) is 3. The minimum atomic E-state index is -0.246. The Kier molecular flexibility index (Phi) is 6.48. The summed E-state index contributed by atoms with van der Waals surface area (Å²) in [5.41, 5.74) is 3.82. The molecule has 2 amide bonds. The van der Waals surface area contributed by atoms with Crippen molar-refractivity contribution in [3.63, 3.8) is 0 Å². The summed E-state index contributed by atoms with van der Waals surface area (Å²) in [6, 6.07) is 14.6. The number of quaternary nitrogens is 1. The van der Waals surface area contributed by atoms with Gasteiger partial charge >= 0.3 is 0 Å². The van der Waals surface area contributed by atoms with Crippen molar-refractivity contribution >= 4 is 23.2 Å². The van der Waals surface area contributed by atoms with Crippen LogP contribution >= 0.6 is 0 Å². The molecule has 0 aliphatic carbocycles. The van der Waals surface area contributed by atoms with Crippen LogP contribution < -0.4 is 15.5 Å². The molecule has 0 bridgehead atoms. The van der Waals surface area contributed by atoms with Gasteiger partial charge in [0.25, 0.3) is 11.8 Å². The highest BCUT2D eigenvalue weighted by molar-refractivity contribution is 5.94. The van der Waals surface area contributed by atoms with Crippen molar-refractivity contribution < 1.29 is 14.5 Å². The number of para-hydroxylation sites is 1. The van der Waals surface area contributed by atoms with Gasteiger partial charge in [0, 0.05) is 5.69 Å². The molecule has 0 saturated heterocycles. The summed E-state index contributed by atoms with van der Waals surface area (Å²) in [6.07, 6.45) is 0.